The van der Waals surface area contributed by atoms with Crippen LogP contribution in [-0.2, 0) is 11.2 Å². The second-order valence-corrected chi connectivity index (χ2v) is 8.86. The van der Waals surface area contributed by atoms with Crippen molar-refractivity contribution in [3.05, 3.63) is 70.3 Å². The highest BCUT2D eigenvalue weighted by atomic mass is 16.2. The highest BCUT2D eigenvalue weighted by molar-refractivity contribution is 5.79. The highest BCUT2D eigenvalue weighted by Crippen LogP contribution is 2.25. The lowest BCUT2D eigenvalue weighted by molar-refractivity contribution is -0.134. The van der Waals surface area contributed by atoms with E-state index < -0.39 is 0 Å². The van der Waals surface area contributed by atoms with Crippen LogP contribution in [0, 0.1) is 5.92 Å². The van der Waals surface area contributed by atoms with Crippen molar-refractivity contribution in [2.75, 3.05) is 6.54 Å². The van der Waals surface area contributed by atoms with E-state index in [9.17, 15) is 9.59 Å². The molecule has 5 heteroatoms. The number of carbonyl (C=O) groups is 1. The molecule has 170 valence electrons. The fourth-order valence-corrected chi connectivity index (χ4v) is 4.03. The third-order valence-electron chi connectivity index (χ3n) is 5.90. The van der Waals surface area contributed by atoms with Gasteiger partial charge in [0, 0.05) is 13.0 Å². The normalized spacial score (nSPS) is 12.3. The average Bonchev–Trinajstić information content (AvgIpc) is 2.79. The molecule has 1 unspecified atom stereocenters. The van der Waals surface area contributed by atoms with Crippen molar-refractivity contribution in [2.24, 2.45) is 5.92 Å². The number of aryl methyl sites for hydroxylation is 1. The number of hydrogen-bond acceptors (Lipinski definition) is 3. The van der Waals surface area contributed by atoms with E-state index in [2.05, 4.69) is 27.7 Å². The zero-order valence-electron chi connectivity index (χ0n) is 20.0. The summed E-state index contributed by atoms with van der Waals surface area (Å²) in [4.78, 5) is 33.6. The van der Waals surface area contributed by atoms with Gasteiger partial charge in [0.25, 0.3) is 5.56 Å². The maximum Gasteiger partial charge on any atom is 0.266 e. The van der Waals surface area contributed by atoms with Crippen molar-refractivity contribution in [2.45, 2.75) is 66.3 Å². The van der Waals surface area contributed by atoms with Gasteiger partial charge in [-0.25, -0.2) is 4.98 Å². The van der Waals surface area contributed by atoms with Gasteiger partial charge in [0.15, 0.2) is 0 Å². The molecule has 1 heterocycles. The van der Waals surface area contributed by atoms with Crippen LogP contribution in [0.25, 0.3) is 16.6 Å². The number of unbranched alkanes of at least 4 members (excludes halogenated alkanes) is 1. The number of amides is 1. The molecular weight excluding hydrogens is 398 g/mol. The van der Waals surface area contributed by atoms with Crippen LogP contribution in [0.5, 0.6) is 0 Å². The van der Waals surface area contributed by atoms with Crippen LogP contribution in [0.1, 0.15) is 71.3 Å². The van der Waals surface area contributed by atoms with Crippen LogP contribution in [-0.4, -0.2) is 26.9 Å². The van der Waals surface area contributed by atoms with Crippen molar-refractivity contribution >= 4 is 16.8 Å². The van der Waals surface area contributed by atoms with E-state index in [1.165, 1.54) is 5.56 Å². The van der Waals surface area contributed by atoms with E-state index in [1.807, 2.05) is 60.4 Å². The molecule has 1 amide bonds. The summed E-state index contributed by atoms with van der Waals surface area (Å²) in [5.74, 6) is 0.981. The monoisotopic (exact) mass is 433 g/mol. The Morgan fingerprint density at radius 1 is 1.03 bits per heavy atom. The highest BCUT2D eigenvalue weighted by Gasteiger charge is 2.26. The quantitative estimate of drug-likeness (QED) is 0.436. The summed E-state index contributed by atoms with van der Waals surface area (Å²) < 4.78 is 1.69. The van der Waals surface area contributed by atoms with Crippen LogP contribution in [0.4, 0.5) is 0 Å². The van der Waals surface area contributed by atoms with Crippen molar-refractivity contribution in [1.29, 1.82) is 0 Å². The van der Waals surface area contributed by atoms with Crippen LogP contribution in [0.2, 0.25) is 0 Å². The second kappa shape index (κ2) is 10.6. The van der Waals surface area contributed by atoms with Crippen molar-refractivity contribution in [3.63, 3.8) is 0 Å². The number of hydrogen-bond donors (Lipinski definition) is 0. The Kier molecular flexibility index (Phi) is 7.84. The van der Waals surface area contributed by atoms with Gasteiger partial charge in [-0.3, -0.25) is 14.2 Å². The predicted octanol–water partition coefficient (Wildman–Crippen LogP) is 5.68. The number of nitrogens with zero attached hydrogens (tertiary/aromatic N) is 3. The van der Waals surface area contributed by atoms with Gasteiger partial charge >= 0.3 is 0 Å². The number of rotatable bonds is 9. The first kappa shape index (κ1) is 23.7. The largest absolute Gasteiger partial charge is 0.333 e. The van der Waals surface area contributed by atoms with E-state index in [0.717, 1.165) is 24.9 Å². The molecule has 0 aliphatic rings. The van der Waals surface area contributed by atoms with E-state index >= 15 is 0 Å². The standard InChI is InChI=1S/C27H35N3O2/c1-6-8-17-29(25(31)18-19(3)4)20(5)26-28-24-12-10-9-11-23(24)27(32)30(26)22-15-13-21(7-2)14-16-22/h9-16,19-20H,6-8,17-18H2,1-5H3. The van der Waals surface area contributed by atoms with E-state index in [1.54, 1.807) is 4.57 Å². The fraction of sp³-hybridized carbons (Fsp3) is 0.444. The minimum absolute atomic E-state index is 0.103. The number of aromatic nitrogens is 2. The zero-order chi connectivity index (χ0) is 23.3. The summed E-state index contributed by atoms with van der Waals surface area (Å²) in [6.45, 7) is 11.0. The first-order valence-electron chi connectivity index (χ1n) is 11.8. The first-order chi connectivity index (χ1) is 15.4. The molecule has 0 bridgehead atoms. The molecule has 3 rings (SSSR count). The molecule has 0 aliphatic heterocycles. The van der Waals surface area contributed by atoms with Crippen molar-refractivity contribution in [1.82, 2.24) is 14.5 Å². The second-order valence-electron chi connectivity index (χ2n) is 8.86. The molecule has 0 aliphatic carbocycles. The molecule has 1 atom stereocenters. The molecule has 0 saturated heterocycles. The molecule has 5 nitrogen and oxygen atoms in total. The Labute approximate surface area is 191 Å². The topological polar surface area (TPSA) is 55.2 Å². The molecule has 0 N–H and O–H groups in total. The van der Waals surface area contributed by atoms with Crippen LogP contribution in [0.15, 0.2) is 53.3 Å². The number of carbonyl (C=O) groups excluding carboxylic acids is 1. The van der Waals surface area contributed by atoms with Gasteiger partial charge in [-0.05, 0) is 55.5 Å². The van der Waals surface area contributed by atoms with Gasteiger partial charge in [-0.15, -0.1) is 0 Å². The van der Waals surface area contributed by atoms with Gasteiger partial charge in [0.2, 0.25) is 5.91 Å². The Hall–Kier alpha value is -2.95. The van der Waals surface area contributed by atoms with Crippen molar-refractivity contribution in [3.8, 4) is 5.69 Å². The maximum absolute atomic E-state index is 13.6. The predicted molar refractivity (Wildman–Crippen MR) is 131 cm³/mol. The smallest absolute Gasteiger partial charge is 0.266 e. The Morgan fingerprint density at radius 3 is 2.34 bits per heavy atom. The van der Waals surface area contributed by atoms with Crippen LogP contribution < -0.4 is 5.56 Å². The minimum Gasteiger partial charge on any atom is -0.333 e. The lowest BCUT2D eigenvalue weighted by Crippen LogP contribution is -2.38. The van der Waals surface area contributed by atoms with Crippen LogP contribution >= 0.6 is 0 Å². The summed E-state index contributed by atoms with van der Waals surface area (Å²) in [5.41, 5.74) is 2.54. The Balaban J connectivity index is 2.19. The molecule has 0 radical (unpaired) electrons. The molecule has 32 heavy (non-hydrogen) atoms. The Bertz CT molecular complexity index is 1120. The molecular formula is C27H35N3O2. The minimum atomic E-state index is -0.323. The number of benzene rings is 2. The average molecular weight is 434 g/mol. The van der Waals surface area contributed by atoms with Crippen LogP contribution in [0.3, 0.4) is 0 Å². The third kappa shape index (κ3) is 5.09. The molecule has 3 aromatic rings. The summed E-state index contributed by atoms with van der Waals surface area (Å²) in [6.07, 6.45) is 3.33. The summed E-state index contributed by atoms with van der Waals surface area (Å²) in [6, 6.07) is 15.1. The van der Waals surface area contributed by atoms with Gasteiger partial charge in [0.05, 0.1) is 22.6 Å². The van der Waals surface area contributed by atoms with Gasteiger partial charge < -0.3 is 4.90 Å². The fourth-order valence-electron chi connectivity index (χ4n) is 4.03. The number of para-hydroxylation sites is 1. The van der Waals surface area contributed by atoms with E-state index in [0.29, 0.717) is 29.7 Å². The molecule has 0 fully saturated rings. The molecule has 1 aromatic heterocycles. The van der Waals surface area contributed by atoms with E-state index in [-0.39, 0.29) is 23.4 Å². The van der Waals surface area contributed by atoms with Gasteiger partial charge in [-0.2, -0.15) is 0 Å². The SMILES string of the molecule is CCCCN(C(=O)CC(C)C)C(C)c1nc2ccccc2c(=O)n1-c1ccc(CC)cc1. The zero-order valence-corrected chi connectivity index (χ0v) is 20.0. The third-order valence-corrected chi connectivity index (χ3v) is 5.90. The Morgan fingerprint density at radius 2 is 1.72 bits per heavy atom. The summed E-state index contributed by atoms with van der Waals surface area (Å²) >= 11 is 0. The lowest BCUT2D eigenvalue weighted by atomic mass is 10.1. The summed E-state index contributed by atoms with van der Waals surface area (Å²) in [5, 5.41) is 0.580. The number of fused-ring (bicyclic) bond motifs is 1. The van der Waals surface area contributed by atoms with E-state index in [4.69, 9.17) is 4.98 Å². The molecule has 0 saturated carbocycles. The maximum atomic E-state index is 13.6. The van der Waals surface area contributed by atoms with Gasteiger partial charge in [0.1, 0.15) is 5.82 Å². The first-order valence-corrected chi connectivity index (χ1v) is 11.8. The molecule has 0 spiro atoms. The lowest BCUT2D eigenvalue weighted by Gasteiger charge is -2.31. The summed E-state index contributed by atoms with van der Waals surface area (Å²) in [7, 11) is 0. The van der Waals surface area contributed by atoms with Gasteiger partial charge in [-0.1, -0.05) is 58.4 Å². The molecule has 2 aromatic carbocycles. The van der Waals surface area contributed by atoms with Crippen molar-refractivity contribution < 1.29 is 4.79 Å².